The van der Waals surface area contributed by atoms with Crippen LogP contribution in [0.5, 0.6) is 0 Å². The SMILES string of the molecule is Cc1ccnc(NCc2cc(C(=O)O)ccn2)c1[N+](=O)[O-]. The Hall–Kier alpha value is -3.03. The molecular formula is C13H12N4O4. The van der Waals surface area contributed by atoms with E-state index in [0.29, 0.717) is 11.3 Å². The van der Waals surface area contributed by atoms with Crippen LogP contribution in [0.15, 0.2) is 30.6 Å². The number of carboxylic acid groups (broad SMARTS) is 1. The molecular weight excluding hydrogens is 276 g/mol. The highest BCUT2D eigenvalue weighted by Gasteiger charge is 2.18. The topological polar surface area (TPSA) is 118 Å². The van der Waals surface area contributed by atoms with Gasteiger partial charge < -0.3 is 10.4 Å². The minimum atomic E-state index is -1.06. The number of hydrogen-bond donors (Lipinski definition) is 2. The zero-order valence-electron chi connectivity index (χ0n) is 11.1. The molecule has 2 aromatic heterocycles. The zero-order valence-corrected chi connectivity index (χ0v) is 11.1. The van der Waals surface area contributed by atoms with Gasteiger partial charge >= 0.3 is 11.7 Å². The van der Waals surface area contributed by atoms with E-state index in [4.69, 9.17) is 5.11 Å². The van der Waals surface area contributed by atoms with Crippen molar-refractivity contribution >= 4 is 17.5 Å². The molecule has 0 radical (unpaired) electrons. The third kappa shape index (κ3) is 3.30. The van der Waals surface area contributed by atoms with Gasteiger partial charge in [-0.15, -0.1) is 0 Å². The molecule has 0 aliphatic rings. The molecule has 0 aliphatic carbocycles. The van der Waals surface area contributed by atoms with Crippen LogP contribution in [0.1, 0.15) is 21.6 Å². The van der Waals surface area contributed by atoms with Crippen LogP contribution in [-0.2, 0) is 6.54 Å². The molecule has 21 heavy (non-hydrogen) atoms. The van der Waals surface area contributed by atoms with E-state index in [-0.39, 0.29) is 23.6 Å². The summed E-state index contributed by atoms with van der Waals surface area (Å²) in [5.41, 5.74) is 0.942. The van der Waals surface area contributed by atoms with E-state index in [1.54, 1.807) is 13.0 Å². The number of hydrogen-bond acceptors (Lipinski definition) is 6. The highest BCUT2D eigenvalue weighted by atomic mass is 16.6. The molecule has 0 saturated carbocycles. The molecule has 2 aromatic rings. The minimum absolute atomic E-state index is 0.105. The van der Waals surface area contributed by atoms with Crippen LogP contribution in [0.3, 0.4) is 0 Å². The quantitative estimate of drug-likeness (QED) is 0.638. The minimum Gasteiger partial charge on any atom is -0.478 e. The second-order valence-electron chi connectivity index (χ2n) is 4.28. The van der Waals surface area contributed by atoms with Crippen molar-refractivity contribution in [2.24, 2.45) is 0 Å². The number of anilines is 1. The maximum atomic E-state index is 11.0. The van der Waals surface area contributed by atoms with Crippen LogP contribution in [0.2, 0.25) is 0 Å². The van der Waals surface area contributed by atoms with Gasteiger partial charge in [0, 0.05) is 18.0 Å². The monoisotopic (exact) mass is 288 g/mol. The molecule has 0 fully saturated rings. The molecule has 2 heterocycles. The van der Waals surface area contributed by atoms with Gasteiger partial charge in [-0.05, 0) is 25.1 Å². The number of nitro groups is 1. The van der Waals surface area contributed by atoms with E-state index in [1.165, 1.54) is 24.5 Å². The molecule has 108 valence electrons. The molecule has 0 bridgehead atoms. The average molecular weight is 288 g/mol. The number of aryl methyl sites for hydroxylation is 1. The van der Waals surface area contributed by atoms with E-state index in [9.17, 15) is 14.9 Å². The van der Waals surface area contributed by atoms with Gasteiger partial charge in [-0.1, -0.05) is 0 Å². The zero-order chi connectivity index (χ0) is 15.4. The van der Waals surface area contributed by atoms with Crippen molar-refractivity contribution in [3.8, 4) is 0 Å². The number of rotatable bonds is 5. The lowest BCUT2D eigenvalue weighted by molar-refractivity contribution is -0.384. The molecule has 0 saturated heterocycles. The Bertz CT molecular complexity index is 702. The average Bonchev–Trinajstić information content (AvgIpc) is 2.45. The van der Waals surface area contributed by atoms with Crippen LogP contribution in [0, 0.1) is 17.0 Å². The number of carboxylic acids is 1. The largest absolute Gasteiger partial charge is 0.478 e. The number of pyridine rings is 2. The van der Waals surface area contributed by atoms with Crippen LogP contribution in [0.4, 0.5) is 11.5 Å². The van der Waals surface area contributed by atoms with Crippen molar-refractivity contribution in [3.63, 3.8) is 0 Å². The van der Waals surface area contributed by atoms with Crippen molar-refractivity contribution in [1.29, 1.82) is 0 Å². The molecule has 8 heteroatoms. The molecule has 0 aromatic carbocycles. The Morgan fingerprint density at radius 2 is 2.10 bits per heavy atom. The fraction of sp³-hybridized carbons (Fsp3) is 0.154. The Balaban J connectivity index is 2.21. The fourth-order valence-electron chi connectivity index (χ4n) is 1.79. The van der Waals surface area contributed by atoms with Crippen molar-refractivity contribution in [2.75, 3.05) is 5.32 Å². The van der Waals surface area contributed by atoms with Crippen molar-refractivity contribution in [1.82, 2.24) is 9.97 Å². The van der Waals surface area contributed by atoms with E-state index < -0.39 is 10.9 Å². The van der Waals surface area contributed by atoms with E-state index in [0.717, 1.165) is 0 Å². The Morgan fingerprint density at radius 3 is 2.76 bits per heavy atom. The molecule has 8 nitrogen and oxygen atoms in total. The second-order valence-corrected chi connectivity index (χ2v) is 4.28. The highest BCUT2D eigenvalue weighted by Crippen LogP contribution is 2.25. The van der Waals surface area contributed by atoms with Crippen molar-refractivity contribution < 1.29 is 14.8 Å². The van der Waals surface area contributed by atoms with Crippen LogP contribution in [-0.4, -0.2) is 26.0 Å². The van der Waals surface area contributed by atoms with E-state index in [1.807, 2.05) is 0 Å². The summed E-state index contributed by atoms with van der Waals surface area (Å²) in [4.78, 5) is 29.3. The Kier molecular flexibility index (Phi) is 4.07. The van der Waals surface area contributed by atoms with Gasteiger partial charge in [0.05, 0.1) is 22.7 Å². The molecule has 0 spiro atoms. The van der Waals surface area contributed by atoms with Crippen molar-refractivity contribution in [2.45, 2.75) is 13.5 Å². The fourth-order valence-corrected chi connectivity index (χ4v) is 1.79. The van der Waals surface area contributed by atoms with Gasteiger partial charge in [-0.2, -0.15) is 0 Å². The maximum absolute atomic E-state index is 11.0. The van der Waals surface area contributed by atoms with Gasteiger partial charge in [0.15, 0.2) is 0 Å². The number of nitrogens with zero attached hydrogens (tertiary/aromatic N) is 3. The number of carbonyl (C=O) groups is 1. The predicted octanol–water partition coefficient (Wildman–Crippen LogP) is 2.00. The first-order valence-electron chi connectivity index (χ1n) is 6.01. The summed E-state index contributed by atoms with van der Waals surface area (Å²) >= 11 is 0. The van der Waals surface area contributed by atoms with Gasteiger partial charge in [-0.3, -0.25) is 15.1 Å². The summed E-state index contributed by atoms with van der Waals surface area (Å²) in [5.74, 6) is -0.930. The molecule has 0 amide bonds. The maximum Gasteiger partial charge on any atom is 0.335 e. The van der Waals surface area contributed by atoms with Crippen LogP contribution < -0.4 is 5.32 Å². The summed E-state index contributed by atoms with van der Waals surface area (Å²) in [5, 5.41) is 22.7. The Labute approximate surface area is 119 Å². The Morgan fingerprint density at radius 1 is 1.38 bits per heavy atom. The lowest BCUT2D eigenvalue weighted by Crippen LogP contribution is -2.08. The standard InChI is InChI=1S/C13H12N4O4/c1-8-2-4-15-12(11(8)17(20)21)16-7-10-6-9(13(18)19)3-5-14-10/h2-6H,7H2,1H3,(H,15,16)(H,18,19). The first kappa shape index (κ1) is 14.4. The van der Waals surface area contributed by atoms with E-state index >= 15 is 0 Å². The van der Waals surface area contributed by atoms with Gasteiger partial charge in [0.25, 0.3) is 0 Å². The molecule has 2 rings (SSSR count). The van der Waals surface area contributed by atoms with Gasteiger partial charge in [0.1, 0.15) is 0 Å². The summed E-state index contributed by atoms with van der Waals surface area (Å²) < 4.78 is 0. The lowest BCUT2D eigenvalue weighted by atomic mass is 10.2. The number of nitrogens with one attached hydrogen (secondary N) is 1. The van der Waals surface area contributed by atoms with Gasteiger partial charge in [-0.25, -0.2) is 9.78 Å². The smallest absolute Gasteiger partial charge is 0.335 e. The highest BCUT2D eigenvalue weighted by molar-refractivity contribution is 5.87. The van der Waals surface area contributed by atoms with Crippen LogP contribution in [0.25, 0.3) is 0 Å². The summed E-state index contributed by atoms with van der Waals surface area (Å²) in [6.07, 6.45) is 2.84. The normalized spacial score (nSPS) is 10.1. The predicted molar refractivity (Wildman–Crippen MR) is 74.2 cm³/mol. The lowest BCUT2D eigenvalue weighted by Gasteiger charge is -2.07. The molecule has 2 N–H and O–H groups in total. The molecule has 0 aliphatic heterocycles. The number of aromatic carboxylic acids is 1. The summed E-state index contributed by atoms with van der Waals surface area (Å²) in [6.45, 7) is 1.76. The number of aromatic nitrogens is 2. The van der Waals surface area contributed by atoms with Crippen LogP contribution >= 0.6 is 0 Å². The van der Waals surface area contributed by atoms with Gasteiger partial charge in [0.2, 0.25) is 5.82 Å². The molecule has 0 atom stereocenters. The third-order valence-electron chi connectivity index (χ3n) is 2.81. The third-order valence-corrected chi connectivity index (χ3v) is 2.81. The summed E-state index contributed by atoms with van der Waals surface area (Å²) in [7, 11) is 0. The second kappa shape index (κ2) is 5.95. The summed E-state index contributed by atoms with van der Waals surface area (Å²) in [6, 6.07) is 4.32. The first-order valence-corrected chi connectivity index (χ1v) is 6.01. The first-order chi connectivity index (χ1) is 9.99. The van der Waals surface area contributed by atoms with E-state index in [2.05, 4.69) is 15.3 Å². The van der Waals surface area contributed by atoms with Crippen molar-refractivity contribution in [3.05, 3.63) is 57.5 Å². The molecule has 0 unspecified atom stereocenters.